The Hall–Kier alpha value is -0.280. The summed E-state index contributed by atoms with van der Waals surface area (Å²) >= 11 is 0. The minimum Gasteiger partial charge on any atom is -0.244 e. The summed E-state index contributed by atoms with van der Waals surface area (Å²) in [7, 11) is 0. The summed E-state index contributed by atoms with van der Waals surface area (Å²) in [6.07, 6.45) is -3.23. The molecule has 0 aliphatic rings. The Morgan fingerprint density at radius 2 is 2.00 bits per heavy atom. The van der Waals surface area contributed by atoms with Crippen LogP contribution in [0.4, 0.5) is 17.6 Å². The minimum atomic E-state index is -3.12. The summed E-state index contributed by atoms with van der Waals surface area (Å²) < 4.78 is 46.3. The first-order valence-electron chi connectivity index (χ1n) is 2.41. The van der Waals surface area contributed by atoms with Gasteiger partial charge in [-0.25, -0.2) is 17.6 Å². The molecule has 1 radical (unpaired) electrons. The highest BCUT2D eigenvalue weighted by Gasteiger charge is 2.26. The second kappa shape index (κ2) is 3.03. The third kappa shape index (κ3) is 5.59. The van der Waals surface area contributed by atoms with Crippen molar-refractivity contribution >= 4 is 0 Å². The Bertz CT molecular complexity index is 75.5. The van der Waals surface area contributed by atoms with E-state index in [1.807, 2.05) is 0 Å². The lowest BCUT2D eigenvalue weighted by Gasteiger charge is -2.09. The van der Waals surface area contributed by atoms with E-state index in [0.717, 1.165) is 0 Å². The smallest absolute Gasteiger partial charge is 0.244 e. The first-order chi connectivity index (χ1) is 3.95. The number of hydrogen-bond acceptors (Lipinski definition) is 0. The van der Waals surface area contributed by atoms with Gasteiger partial charge in [0.2, 0.25) is 5.92 Å². The summed E-state index contributed by atoms with van der Waals surface area (Å²) in [5, 5.41) is 0. The fraction of sp³-hybridized carbons (Fsp3) is 0.800. The summed E-state index contributed by atoms with van der Waals surface area (Å²) in [6.45, 7) is 0.167. The third-order valence-electron chi connectivity index (χ3n) is 0.690. The maximum Gasteiger partial charge on any atom is 0.248 e. The van der Waals surface area contributed by atoms with E-state index in [9.17, 15) is 17.6 Å². The predicted octanol–water partition coefficient (Wildman–Crippen LogP) is 2.50. The van der Waals surface area contributed by atoms with Gasteiger partial charge < -0.3 is 0 Å². The molecule has 4 heteroatoms. The van der Waals surface area contributed by atoms with Crippen LogP contribution in [0, 0.1) is 6.67 Å². The van der Waals surface area contributed by atoms with Gasteiger partial charge in [0, 0.05) is 6.42 Å². The maximum atomic E-state index is 11.7. The van der Waals surface area contributed by atoms with Crippen LogP contribution in [-0.4, -0.2) is 12.1 Å². The quantitative estimate of drug-likeness (QED) is 0.532. The molecule has 0 aliphatic heterocycles. The van der Waals surface area contributed by atoms with E-state index in [-0.39, 0.29) is 6.67 Å². The molecule has 0 bridgehead atoms. The number of halogens is 4. The van der Waals surface area contributed by atoms with Crippen molar-refractivity contribution in [1.82, 2.24) is 0 Å². The van der Waals surface area contributed by atoms with Gasteiger partial charge in [0.1, 0.15) is 6.17 Å². The fourth-order valence-electron chi connectivity index (χ4n) is 0.387. The van der Waals surface area contributed by atoms with Gasteiger partial charge in [0.05, 0.1) is 0 Å². The molecular weight excluding hydrogens is 136 g/mol. The van der Waals surface area contributed by atoms with E-state index in [4.69, 9.17) is 0 Å². The average molecular weight is 143 g/mol. The zero-order chi connectivity index (χ0) is 7.49. The van der Waals surface area contributed by atoms with Crippen molar-refractivity contribution in [2.24, 2.45) is 0 Å². The largest absolute Gasteiger partial charge is 0.248 e. The van der Waals surface area contributed by atoms with Crippen LogP contribution in [0.3, 0.4) is 0 Å². The monoisotopic (exact) mass is 143 g/mol. The van der Waals surface area contributed by atoms with Crippen LogP contribution < -0.4 is 0 Å². The molecule has 0 fully saturated rings. The summed E-state index contributed by atoms with van der Waals surface area (Å²) in [6, 6.07) is 0. The first kappa shape index (κ1) is 8.72. The van der Waals surface area contributed by atoms with Gasteiger partial charge >= 0.3 is 0 Å². The molecule has 0 spiro atoms. The second-order valence-corrected chi connectivity index (χ2v) is 1.92. The molecule has 0 aromatic rings. The van der Waals surface area contributed by atoms with Crippen LogP contribution in [0.15, 0.2) is 0 Å². The summed E-state index contributed by atoms with van der Waals surface area (Å²) in [4.78, 5) is 0. The van der Waals surface area contributed by atoms with Gasteiger partial charge in [-0.15, -0.1) is 0 Å². The van der Waals surface area contributed by atoms with E-state index in [0.29, 0.717) is 6.92 Å². The lowest BCUT2D eigenvalue weighted by atomic mass is 10.2. The zero-order valence-corrected chi connectivity index (χ0v) is 4.87. The molecule has 0 heterocycles. The highest BCUT2D eigenvalue weighted by atomic mass is 19.3. The van der Waals surface area contributed by atoms with Gasteiger partial charge in [-0.05, 0) is 6.92 Å². The van der Waals surface area contributed by atoms with E-state index < -0.39 is 18.5 Å². The van der Waals surface area contributed by atoms with E-state index in [1.165, 1.54) is 0 Å². The molecule has 0 amide bonds. The van der Waals surface area contributed by atoms with E-state index >= 15 is 0 Å². The van der Waals surface area contributed by atoms with Crippen LogP contribution in [-0.2, 0) is 0 Å². The molecule has 0 N–H and O–H groups in total. The Morgan fingerprint density at radius 1 is 1.56 bits per heavy atom. The van der Waals surface area contributed by atoms with Crippen molar-refractivity contribution < 1.29 is 17.6 Å². The van der Waals surface area contributed by atoms with Crippen molar-refractivity contribution in [2.45, 2.75) is 25.4 Å². The van der Waals surface area contributed by atoms with Crippen LogP contribution in [0.2, 0.25) is 0 Å². The van der Waals surface area contributed by atoms with Crippen LogP contribution in [0.25, 0.3) is 0 Å². The molecule has 0 aromatic carbocycles. The minimum absolute atomic E-state index is 0.378. The van der Waals surface area contributed by atoms with Crippen LogP contribution in [0.5, 0.6) is 0 Å². The lowest BCUT2D eigenvalue weighted by molar-refractivity contribution is -0.00776. The SMILES string of the molecule is CC(F)(F)CC(F)[CH]F. The van der Waals surface area contributed by atoms with Crippen molar-refractivity contribution in [1.29, 1.82) is 0 Å². The highest BCUT2D eigenvalue weighted by molar-refractivity contribution is 4.71. The second-order valence-electron chi connectivity index (χ2n) is 1.92. The fourth-order valence-corrected chi connectivity index (χ4v) is 0.387. The predicted molar refractivity (Wildman–Crippen MR) is 25.5 cm³/mol. The summed E-state index contributed by atoms with van der Waals surface area (Å²) in [5.41, 5.74) is 0. The summed E-state index contributed by atoms with van der Waals surface area (Å²) in [5.74, 6) is -3.12. The van der Waals surface area contributed by atoms with E-state index in [2.05, 4.69) is 0 Å². The van der Waals surface area contributed by atoms with Gasteiger partial charge in [-0.2, -0.15) is 0 Å². The van der Waals surface area contributed by atoms with Gasteiger partial charge in [-0.3, -0.25) is 0 Å². The lowest BCUT2D eigenvalue weighted by Crippen LogP contribution is -2.16. The van der Waals surface area contributed by atoms with Crippen LogP contribution in [0.1, 0.15) is 13.3 Å². The Morgan fingerprint density at radius 3 is 2.11 bits per heavy atom. The van der Waals surface area contributed by atoms with Crippen LogP contribution >= 0.6 is 0 Å². The van der Waals surface area contributed by atoms with E-state index in [1.54, 1.807) is 0 Å². The number of alkyl halides is 3. The normalized spacial score (nSPS) is 15.7. The number of rotatable bonds is 3. The zero-order valence-electron chi connectivity index (χ0n) is 4.87. The van der Waals surface area contributed by atoms with Crippen molar-refractivity contribution in [3.8, 4) is 0 Å². The molecule has 0 saturated carbocycles. The molecule has 0 nitrogen and oxygen atoms in total. The highest BCUT2D eigenvalue weighted by Crippen LogP contribution is 2.21. The third-order valence-corrected chi connectivity index (χ3v) is 0.690. The molecule has 0 aromatic heterocycles. The van der Waals surface area contributed by atoms with Crippen molar-refractivity contribution in [3.63, 3.8) is 0 Å². The molecule has 1 atom stereocenters. The average Bonchev–Trinajstić information content (AvgIpc) is 1.62. The molecule has 0 rings (SSSR count). The molecule has 0 aliphatic carbocycles. The molecular formula is C5H7F4. The maximum absolute atomic E-state index is 11.7. The first-order valence-corrected chi connectivity index (χ1v) is 2.41. The van der Waals surface area contributed by atoms with Crippen molar-refractivity contribution in [2.75, 3.05) is 0 Å². The standard InChI is InChI=1S/C5H7F4/c1-5(8,9)2-4(7)3-6/h3-4H,2H2,1H3. The topological polar surface area (TPSA) is 0 Å². The molecule has 55 valence electrons. The Kier molecular flexibility index (Phi) is 2.94. The Labute approximate surface area is 50.9 Å². The Balaban J connectivity index is 3.47. The van der Waals surface area contributed by atoms with Gasteiger partial charge in [-0.1, -0.05) is 0 Å². The molecule has 9 heavy (non-hydrogen) atoms. The molecule has 1 unspecified atom stereocenters. The van der Waals surface area contributed by atoms with Crippen molar-refractivity contribution in [3.05, 3.63) is 6.67 Å². The number of hydrogen-bond donors (Lipinski definition) is 0. The van der Waals surface area contributed by atoms with Gasteiger partial charge in [0.15, 0.2) is 6.67 Å². The van der Waals surface area contributed by atoms with Gasteiger partial charge in [0.25, 0.3) is 0 Å². The molecule has 0 saturated heterocycles.